The van der Waals surface area contributed by atoms with Crippen LogP contribution in [0.2, 0.25) is 0 Å². The summed E-state index contributed by atoms with van der Waals surface area (Å²) in [5.41, 5.74) is 0. The van der Waals surface area contributed by atoms with Gasteiger partial charge in [-0.05, 0) is 30.4 Å². The molecule has 1 atom stereocenters. The molecule has 0 aliphatic heterocycles. The quantitative estimate of drug-likeness (QED) is 0.738. The van der Waals surface area contributed by atoms with Crippen molar-refractivity contribution in [1.29, 1.82) is 0 Å². The minimum Gasteiger partial charge on any atom is -0.493 e. The highest BCUT2D eigenvalue weighted by Crippen LogP contribution is 2.36. The molecule has 0 saturated carbocycles. The second-order valence-corrected chi connectivity index (χ2v) is 6.34. The lowest BCUT2D eigenvalue weighted by molar-refractivity contribution is -0.142. The number of carboxylic acids is 1. The fraction of sp³-hybridized carbons (Fsp3) is 0.412. The highest BCUT2D eigenvalue weighted by Gasteiger charge is 2.19. The zero-order valence-corrected chi connectivity index (χ0v) is 14.2. The summed E-state index contributed by atoms with van der Waals surface area (Å²) in [5.74, 6) is -0.0880. The van der Waals surface area contributed by atoms with Gasteiger partial charge in [-0.25, -0.2) is 0 Å². The number of carboxylic acid groups (broad SMARTS) is 1. The van der Waals surface area contributed by atoms with Gasteiger partial charge in [0, 0.05) is 17.2 Å². The van der Waals surface area contributed by atoms with Gasteiger partial charge in [-0.1, -0.05) is 6.92 Å². The highest BCUT2D eigenvalue weighted by molar-refractivity contribution is 7.20. The van der Waals surface area contributed by atoms with Gasteiger partial charge in [0.2, 0.25) is 0 Å². The average molecular weight is 336 g/mol. The molecule has 0 aliphatic rings. The van der Waals surface area contributed by atoms with Crippen LogP contribution in [0.4, 0.5) is 0 Å². The van der Waals surface area contributed by atoms with E-state index in [0.717, 1.165) is 10.1 Å². The van der Waals surface area contributed by atoms with E-state index in [0.29, 0.717) is 29.2 Å². The fourth-order valence-electron chi connectivity index (χ4n) is 2.43. The summed E-state index contributed by atoms with van der Waals surface area (Å²) < 4.78 is 11.5. The number of carbonyl (C=O) groups excluding carboxylic acids is 1. The molecule has 0 spiro atoms. The van der Waals surface area contributed by atoms with E-state index >= 15 is 0 Å². The molecule has 0 saturated heterocycles. The molecule has 1 aromatic heterocycles. The summed E-state index contributed by atoms with van der Waals surface area (Å²) >= 11 is 1.39. The molecule has 1 unspecified atom stereocenters. The Morgan fingerprint density at radius 1 is 1.17 bits per heavy atom. The number of ether oxygens (including phenoxy) is 2. The summed E-state index contributed by atoms with van der Waals surface area (Å²) in [7, 11) is 3.14. The zero-order chi connectivity index (χ0) is 17.0. The van der Waals surface area contributed by atoms with Gasteiger partial charge in [-0.15, -0.1) is 11.3 Å². The summed E-state index contributed by atoms with van der Waals surface area (Å²) in [6, 6.07) is 5.52. The van der Waals surface area contributed by atoms with Crippen LogP contribution in [0.25, 0.3) is 10.1 Å². The number of Topliss-reactive ketones (excluding diaryl/α,β-unsaturated/α-hetero) is 1. The van der Waals surface area contributed by atoms with Crippen LogP contribution in [-0.4, -0.2) is 31.1 Å². The normalized spacial score (nSPS) is 12.1. The molecule has 0 aliphatic carbocycles. The molecule has 1 N–H and O–H groups in total. The van der Waals surface area contributed by atoms with E-state index in [1.165, 1.54) is 11.3 Å². The van der Waals surface area contributed by atoms with Gasteiger partial charge in [-0.2, -0.15) is 0 Å². The van der Waals surface area contributed by atoms with Crippen molar-refractivity contribution >= 4 is 33.2 Å². The number of benzene rings is 1. The first kappa shape index (κ1) is 17.3. The van der Waals surface area contributed by atoms with Crippen LogP contribution in [0.3, 0.4) is 0 Å². The Hall–Kier alpha value is -2.08. The molecule has 2 aromatic rings. The number of carbonyl (C=O) groups is 2. The highest BCUT2D eigenvalue weighted by atomic mass is 32.1. The predicted octanol–water partition coefficient (Wildman–Crippen LogP) is 3.99. The Kier molecular flexibility index (Phi) is 5.60. The molecule has 124 valence electrons. The number of fused-ring (bicyclic) bond motifs is 1. The molecule has 1 aromatic carbocycles. The van der Waals surface area contributed by atoms with Crippen LogP contribution in [0.5, 0.6) is 11.5 Å². The second-order valence-electron chi connectivity index (χ2n) is 5.26. The number of hydrogen-bond acceptors (Lipinski definition) is 5. The van der Waals surface area contributed by atoms with Crippen LogP contribution in [0.1, 0.15) is 35.9 Å². The largest absolute Gasteiger partial charge is 0.493 e. The summed E-state index contributed by atoms with van der Waals surface area (Å²) in [4.78, 5) is 24.0. The molecule has 5 nitrogen and oxygen atoms in total. The van der Waals surface area contributed by atoms with Crippen LogP contribution >= 0.6 is 11.3 Å². The van der Waals surface area contributed by atoms with Crippen LogP contribution in [-0.2, 0) is 4.79 Å². The Balaban J connectivity index is 2.19. The Morgan fingerprint density at radius 2 is 1.83 bits per heavy atom. The Labute approximate surface area is 138 Å². The van der Waals surface area contributed by atoms with Crippen molar-refractivity contribution < 1.29 is 24.2 Å². The maximum Gasteiger partial charge on any atom is 0.306 e. The molecule has 23 heavy (non-hydrogen) atoms. The van der Waals surface area contributed by atoms with Gasteiger partial charge in [0.25, 0.3) is 0 Å². The minimum absolute atomic E-state index is 0.0242. The first-order chi connectivity index (χ1) is 11.0. The van der Waals surface area contributed by atoms with E-state index in [2.05, 4.69) is 0 Å². The van der Waals surface area contributed by atoms with Crippen molar-refractivity contribution in [1.82, 2.24) is 0 Å². The third kappa shape index (κ3) is 3.82. The molecule has 0 amide bonds. The molecule has 0 bridgehead atoms. The topological polar surface area (TPSA) is 72.8 Å². The van der Waals surface area contributed by atoms with Gasteiger partial charge in [-0.3, -0.25) is 9.59 Å². The van der Waals surface area contributed by atoms with E-state index < -0.39 is 11.9 Å². The standard InChI is InChI=1S/C17H20O5S/c1-4-10(17(19)20)5-6-12(18)16-8-11-7-13(21-2)14(22-3)9-15(11)23-16/h7-10H,4-6H2,1-3H3,(H,19,20). The smallest absolute Gasteiger partial charge is 0.306 e. The third-order valence-electron chi connectivity index (χ3n) is 3.86. The number of rotatable bonds is 8. The van der Waals surface area contributed by atoms with Crippen molar-refractivity contribution in [2.75, 3.05) is 14.2 Å². The summed E-state index contributed by atoms with van der Waals surface area (Å²) in [5, 5.41) is 9.97. The summed E-state index contributed by atoms with van der Waals surface area (Å²) in [6.07, 6.45) is 1.14. The van der Waals surface area contributed by atoms with Gasteiger partial charge >= 0.3 is 5.97 Å². The van der Waals surface area contributed by atoms with E-state index in [9.17, 15) is 9.59 Å². The Morgan fingerprint density at radius 3 is 2.39 bits per heavy atom. The monoisotopic (exact) mass is 336 g/mol. The lowest BCUT2D eigenvalue weighted by Crippen LogP contribution is -2.14. The lowest BCUT2D eigenvalue weighted by Gasteiger charge is -2.07. The molecule has 1 heterocycles. The minimum atomic E-state index is -0.842. The summed E-state index contributed by atoms with van der Waals surface area (Å²) in [6.45, 7) is 1.82. The number of methoxy groups -OCH3 is 2. The van der Waals surface area contributed by atoms with Crippen LogP contribution < -0.4 is 9.47 Å². The molecule has 0 radical (unpaired) electrons. The van der Waals surface area contributed by atoms with Gasteiger partial charge in [0.1, 0.15) is 0 Å². The average Bonchev–Trinajstić information content (AvgIpc) is 2.96. The van der Waals surface area contributed by atoms with Crippen molar-refractivity contribution in [2.45, 2.75) is 26.2 Å². The predicted molar refractivity (Wildman–Crippen MR) is 89.9 cm³/mol. The maximum atomic E-state index is 12.3. The fourth-order valence-corrected chi connectivity index (χ4v) is 3.47. The van der Waals surface area contributed by atoms with E-state index in [1.807, 2.05) is 25.1 Å². The number of ketones is 1. The van der Waals surface area contributed by atoms with Crippen molar-refractivity contribution in [2.24, 2.45) is 5.92 Å². The van der Waals surface area contributed by atoms with Gasteiger partial charge < -0.3 is 14.6 Å². The number of thiophene rings is 1. The first-order valence-electron chi connectivity index (χ1n) is 7.41. The van der Waals surface area contributed by atoms with Crippen molar-refractivity contribution in [3.05, 3.63) is 23.1 Å². The number of hydrogen-bond donors (Lipinski definition) is 1. The van der Waals surface area contributed by atoms with E-state index in [1.54, 1.807) is 14.2 Å². The molecule has 6 heteroatoms. The van der Waals surface area contributed by atoms with E-state index in [4.69, 9.17) is 14.6 Å². The molecular weight excluding hydrogens is 316 g/mol. The second kappa shape index (κ2) is 7.46. The Bertz CT molecular complexity index is 678. The third-order valence-corrected chi connectivity index (χ3v) is 5.00. The first-order valence-corrected chi connectivity index (χ1v) is 8.23. The molecule has 0 fully saturated rings. The molecule has 2 rings (SSSR count). The maximum absolute atomic E-state index is 12.3. The van der Waals surface area contributed by atoms with Gasteiger partial charge in [0.15, 0.2) is 17.3 Å². The van der Waals surface area contributed by atoms with Crippen molar-refractivity contribution in [3.63, 3.8) is 0 Å². The lowest BCUT2D eigenvalue weighted by atomic mass is 9.98. The molecular formula is C17H20O5S. The zero-order valence-electron chi connectivity index (χ0n) is 13.4. The van der Waals surface area contributed by atoms with Crippen LogP contribution in [0, 0.1) is 5.92 Å². The van der Waals surface area contributed by atoms with E-state index in [-0.39, 0.29) is 12.2 Å². The van der Waals surface area contributed by atoms with Crippen molar-refractivity contribution in [3.8, 4) is 11.5 Å². The number of aliphatic carboxylic acids is 1. The van der Waals surface area contributed by atoms with Crippen LogP contribution in [0.15, 0.2) is 18.2 Å². The SMILES string of the molecule is CCC(CCC(=O)c1cc2cc(OC)c(OC)cc2s1)C(=O)O. The van der Waals surface area contributed by atoms with Gasteiger partial charge in [0.05, 0.1) is 25.0 Å².